The molecule has 0 aliphatic carbocycles. The summed E-state index contributed by atoms with van der Waals surface area (Å²) >= 11 is 0. The highest BCUT2D eigenvalue weighted by molar-refractivity contribution is 6.02. The van der Waals surface area contributed by atoms with Crippen LogP contribution in [0.4, 0.5) is 5.69 Å². The lowest BCUT2D eigenvalue weighted by molar-refractivity contribution is -0.150. The summed E-state index contributed by atoms with van der Waals surface area (Å²) in [6, 6.07) is 14.6. The second-order valence-electron chi connectivity index (χ2n) is 12.4. The maximum Gasteiger partial charge on any atom is 0.245 e. The Kier molecular flexibility index (Phi) is 9.15. The smallest absolute Gasteiger partial charge is 0.245 e. The Morgan fingerprint density at radius 1 is 1.04 bits per heavy atom. The first-order valence-electron chi connectivity index (χ1n) is 16.2. The number of hydrogen-bond acceptors (Lipinski definition) is 8. The number of anilines is 1. The number of carbonyl (C=O) groups excluding carboxylic acids is 3. The Morgan fingerprint density at radius 3 is 2.44 bits per heavy atom. The summed E-state index contributed by atoms with van der Waals surface area (Å²) in [5, 5.41) is 16.8. The molecule has 4 heterocycles. The lowest BCUT2D eigenvalue weighted by atomic mass is 9.65. The van der Waals surface area contributed by atoms with E-state index in [4.69, 9.17) is 14.2 Å². The molecule has 6 rings (SSSR count). The molecule has 2 aromatic carbocycles. The zero-order valence-electron chi connectivity index (χ0n) is 26.1. The Bertz CT molecular complexity index is 1370. The molecule has 11 heteroatoms. The molecule has 2 bridgehead atoms. The van der Waals surface area contributed by atoms with Crippen molar-refractivity contribution in [3.8, 4) is 5.75 Å². The van der Waals surface area contributed by atoms with E-state index in [2.05, 4.69) is 15.5 Å². The van der Waals surface area contributed by atoms with E-state index in [1.807, 2.05) is 44.2 Å². The SMILES string of the molecule is CCOc1ccc(NC(=O)[C@@H]2[C@H]3C(=O)N([C@H](CO)c4ccccc4)C(C(=O)NCCN4CCOCC4)C34CC[C@@]2(CC)O4)cc1. The van der Waals surface area contributed by atoms with Crippen molar-refractivity contribution in [2.45, 2.75) is 56.4 Å². The summed E-state index contributed by atoms with van der Waals surface area (Å²) in [5.41, 5.74) is -0.774. The molecule has 4 saturated heterocycles. The van der Waals surface area contributed by atoms with Crippen molar-refractivity contribution in [3.05, 3.63) is 60.2 Å². The minimum atomic E-state index is -1.20. The maximum absolute atomic E-state index is 14.7. The van der Waals surface area contributed by atoms with Crippen LogP contribution in [0, 0.1) is 11.8 Å². The molecule has 3 N–H and O–H groups in total. The monoisotopic (exact) mass is 620 g/mol. The zero-order valence-corrected chi connectivity index (χ0v) is 26.1. The third-order valence-electron chi connectivity index (χ3n) is 10.1. The number of aliphatic hydroxyl groups excluding tert-OH is 1. The predicted octanol–water partition coefficient (Wildman–Crippen LogP) is 2.36. The molecule has 242 valence electrons. The number of rotatable bonds is 12. The number of ether oxygens (including phenoxy) is 3. The molecule has 45 heavy (non-hydrogen) atoms. The van der Waals surface area contributed by atoms with Gasteiger partial charge in [0.1, 0.15) is 17.4 Å². The van der Waals surface area contributed by atoms with Gasteiger partial charge < -0.3 is 34.9 Å². The van der Waals surface area contributed by atoms with Crippen molar-refractivity contribution < 1.29 is 33.7 Å². The molecule has 1 spiro atoms. The van der Waals surface area contributed by atoms with Crippen molar-refractivity contribution in [1.29, 1.82) is 0 Å². The van der Waals surface area contributed by atoms with Gasteiger partial charge >= 0.3 is 0 Å². The number of hydrogen-bond donors (Lipinski definition) is 3. The number of likely N-dealkylation sites (tertiary alicyclic amines) is 1. The number of morpholine rings is 1. The van der Waals surface area contributed by atoms with Gasteiger partial charge in [-0.05, 0) is 56.0 Å². The second-order valence-corrected chi connectivity index (χ2v) is 12.4. The van der Waals surface area contributed by atoms with E-state index in [1.54, 1.807) is 24.3 Å². The summed E-state index contributed by atoms with van der Waals surface area (Å²) in [5.74, 6) is -1.96. The quantitative estimate of drug-likeness (QED) is 0.330. The zero-order chi connectivity index (χ0) is 31.6. The highest BCUT2D eigenvalue weighted by atomic mass is 16.5. The van der Waals surface area contributed by atoms with Crippen LogP contribution in [-0.2, 0) is 23.9 Å². The van der Waals surface area contributed by atoms with Gasteiger partial charge in [-0.1, -0.05) is 37.3 Å². The maximum atomic E-state index is 14.7. The first kappa shape index (κ1) is 31.5. The van der Waals surface area contributed by atoms with Crippen LogP contribution in [0.2, 0.25) is 0 Å². The highest BCUT2D eigenvalue weighted by Gasteiger charge is 2.79. The van der Waals surface area contributed by atoms with E-state index in [-0.39, 0.29) is 24.3 Å². The van der Waals surface area contributed by atoms with Crippen molar-refractivity contribution in [1.82, 2.24) is 15.1 Å². The van der Waals surface area contributed by atoms with Gasteiger partial charge in [0, 0.05) is 31.9 Å². The average molecular weight is 621 g/mol. The number of nitrogens with one attached hydrogen (secondary N) is 2. The third-order valence-corrected chi connectivity index (χ3v) is 10.1. The van der Waals surface area contributed by atoms with Gasteiger partial charge in [0.05, 0.1) is 49.9 Å². The number of fused-ring (bicyclic) bond motifs is 1. The first-order chi connectivity index (χ1) is 21.9. The van der Waals surface area contributed by atoms with Crippen LogP contribution >= 0.6 is 0 Å². The first-order valence-corrected chi connectivity index (χ1v) is 16.2. The number of carbonyl (C=O) groups is 3. The van der Waals surface area contributed by atoms with Crippen molar-refractivity contribution in [3.63, 3.8) is 0 Å². The topological polar surface area (TPSA) is 130 Å². The third kappa shape index (κ3) is 5.60. The van der Waals surface area contributed by atoms with E-state index in [0.717, 1.165) is 13.1 Å². The Balaban J connectivity index is 1.32. The van der Waals surface area contributed by atoms with Crippen LogP contribution in [0.3, 0.4) is 0 Å². The fourth-order valence-electron chi connectivity index (χ4n) is 8.00. The molecule has 0 radical (unpaired) electrons. The summed E-state index contributed by atoms with van der Waals surface area (Å²) in [7, 11) is 0. The molecule has 4 aliphatic rings. The number of benzene rings is 2. The number of nitrogens with zero attached hydrogens (tertiary/aromatic N) is 2. The number of aliphatic hydroxyl groups is 1. The van der Waals surface area contributed by atoms with Gasteiger partial charge in [-0.15, -0.1) is 0 Å². The van der Waals surface area contributed by atoms with E-state index in [9.17, 15) is 19.5 Å². The summed E-state index contributed by atoms with van der Waals surface area (Å²) < 4.78 is 17.9. The Labute approximate surface area is 264 Å². The van der Waals surface area contributed by atoms with Crippen LogP contribution in [0.25, 0.3) is 0 Å². The lowest BCUT2D eigenvalue weighted by Crippen LogP contribution is -2.57. The van der Waals surface area contributed by atoms with Crippen LogP contribution in [0.15, 0.2) is 54.6 Å². The van der Waals surface area contributed by atoms with E-state index >= 15 is 0 Å². The molecule has 11 nitrogen and oxygen atoms in total. The Morgan fingerprint density at radius 2 is 1.78 bits per heavy atom. The molecule has 0 saturated carbocycles. The van der Waals surface area contributed by atoms with Gasteiger partial charge in [0.25, 0.3) is 0 Å². The van der Waals surface area contributed by atoms with Gasteiger partial charge in [-0.25, -0.2) is 0 Å². The van der Waals surface area contributed by atoms with Gasteiger partial charge in [0.2, 0.25) is 17.7 Å². The lowest BCUT2D eigenvalue weighted by Gasteiger charge is -2.37. The fourth-order valence-corrected chi connectivity index (χ4v) is 8.00. The normalized spacial score (nSPS) is 29.8. The molecule has 0 aromatic heterocycles. The van der Waals surface area contributed by atoms with Gasteiger partial charge in [-0.3, -0.25) is 19.3 Å². The molecule has 2 unspecified atom stereocenters. The summed E-state index contributed by atoms with van der Waals surface area (Å²) in [4.78, 5) is 46.8. The van der Waals surface area contributed by atoms with Crippen molar-refractivity contribution >= 4 is 23.4 Å². The number of amides is 3. The van der Waals surface area contributed by atoms with Crippen LogP contribution in [0.1, 0.15) is 44.7 Å². The summed E-state index contributed by atoms with van der Waals surface area (Å²) in [6.45, 7) is 7.99. The van der Waals surface area contributed by atoms with Crippen LogP contribution in [0.5, 0.6) is 5.75 Å². The van der Waals surface area contributed by atoms with E-state index in [0.29, 0.717) is 69.2 Å². The van der Waals surface area contributed by atoms with E-state index in [1.165, 1.54) is 4.90 Å². The minimum absolute atomic E-state index is 0.311. The van der Waals surface area contributed by atoms with Crippen molar-refractivity contribution in [2.24, 2.45) is 11.8 Å². The largest absolute Gasteiger partial charge is 0.494 e. The molecular weight excluding hydrogens is 576 g/mol. The molecule has 6 atom stereocenters. The Hall–Kier alpha value is -3.51. The standard InChI is InChI=1S/C34H44N4O7/c1-3-33-14-15-34(45-33)28(27(33)30(40)36-24-10-12-25(13-11-24)44-4-2)32(42)38(26(22-39)23-8-6-5-7-9-23)29(34)31(41)35-16-17-37-18-20-43-21-19-37/h5-13,26-29,39H,3-4,14-22H2,1-2H3,(H,35,41)(H,36,40)/t26-,27+,28+,29?,33-,34?/m1/s1. The molecule has 3 amide bonds. The minimum Gasteiger partial charge on any atom is -0.494 e. The predicted molar refractivity (Wildman–Crippen MR) is 166 cm³/mol. The molecule has 4 fully saturated rings. The van der Waals surface area contributed by atoms with Gasteiger partial charge in [0.15, 0.2) is 0 Å². The van der Waals surface area contributed by atoms with E-state index < -0.39 is 35.1 Å². The molecule has 2 aromatic rings. The van der Waals surface area contributed by atoms with Crippen LogP contribution < -0.4 is 15.4 Å². The molecule has 4 aliphatic heterocycles. The van der Waals surface area contributed by atoms with Gasteiger partial charge in [-0.2, -0.15) is 0 Å². The second kappa shape index (κ2) is 13.1. The average Bonchev–Trinajstić information content (AvgIpc) is 3.67. The van der Waals surface area contributed by atoms with Crippen LogP contribution in [-0.4, -0.2) is 102 Å². The fraction of sp³-hybridized carbons (Fsp3) is 0.559. The molecular formula is C34H44N4O7. The van der Waals surface area contributed by atoms with Crippen molar-refractivity contribution in [2.75, 3.05) is 57.9 Å². The summed E-state index contributed by atoms with van der Waals surface area (Å²) in [6.07, 6.45) is 1.54. The highest BCUT2D eigenvalue weighted by Crippen LogP contribution is 2.65.